The Morgan fingerprint density at radius 1 is 1.07 bits per heavy atom. The highest BCUT2D eigenvalue weighted by atomic mass is 32.2. The summed E-state index contributed by atoms with van der Waals surface area (Å²) in [6.45, 7) is 5.70. The van der Waals surface area contributed by atoms with Crippen LogP contribution in [0.5, 0.6) is 11.5 Å². The molecule has 2 aromatic carbocycles. The van der Waals surface area contributed by atoms with Crippen LogP contribution in [0.1, 0.15) is 25.0 Å². The van der Waals surface area contributed by atoms with E-state index in [4.69, 9.17) is 4.74 Å². The average Bonchev–Trinajstić information content (AvgIpc) is 2.60. The van der Waals surface area contributed by atoms with Gasteiger partial charge >= 0.3 is 6.36 Å². The number of methoxy groups -OCH3 is 1. The third kappa shape index (κ3) is 6.64. The molecular weight excluding hydrogens is 407 g/mol. The first-order valence-corrected chi connectivity index (χ1v) is 10.4. The van der Waals surface area contributed by atoms with Crippen LogP contribution in [0, 0.1) is 12.8 Å². The van der Waals surface area contributed by atoms with Crippen LogP contribution in [0.2, 0.25) is 0 Å². The SMILES string of the molecule is COc1ccc(C)cc1C[C@H](NS(=O)(=O)c1ccc(OC(F)(F)F)cc1)C(C)C. The maximum absolute atomic E-state index is 12.7. The number of hydrogen-bond acceptors (Lipinski definition) is 4. The molecule has 0 radical (unpaired) electrons. The average molecular weight is 431 g/mol. The van der Waals surface area contributed by atoms with Crippen molar-refractivity contribution in [3.8, 4) is 11.5 Å². The Kier molecular flexibility index (Phi) is 7.18. The summed E-state index contributed by atoms with van der Waals surface area (Å²) in [7, 11) is -2.39. The van der Waals surface area contributed by atoms with E-state index in [1.54, 1.807) is 7.11 Å². The van der Waals surface area contributed by atoms with Crippen molar-refractivity contribution in [3.63, 3.8) is 0 Å². The van der Waals surface area contributed by atoms with E-state index in [1.807, 2.05) is 39.0 Å². The lowest BCUT2D eigenvalue weighted by atomic mass is 9.96. The lowest BCUT2D eigenvalue weighted by Gasteiger charge is -2.23. The molecule has 0 spiro atoms. The smallest absolute Gasteiger partial charge is 0.496 e. The van der Waals surface area contributed by atoms with Crippen LogP contribution in [-0.4, -0.2) is 27.9 Å². The van der Waals surface area contributed by atoms with Crippen molar-refractivity contribution in [2.75, 3.05) is 7.11 Å². The van der Waals surface area contributed by atoms with Crippen LogP contribution < -0.4 is 14.2 Å². The van der Waals surface area contributed by atoms with Crippen LogP contribution in [-0.2, 0) is 16.4 Å². The first kappa shape index (κ1) is 23.0. The van der Waals surface area contributed by atoms with E-state index in [1.165, 1.54) is 0 Å². The van der Waals surface area contributed by atoms with Gasteiger partial charge < -0.3 is 9.47 Å². The molecule has 9 heteroatoms. The van der Waals surface area contributed by atoms with Crippen LogP contribution in [0.3, 0.4) is 0 Å². The molecule has 5 nitrogen and oxygen atoms in total. The molecule has 0 amide bonds. The maximum atomic E-state index is 12.7. The minimum atomic E-state index is -4.84. The Hall–Kier alpha value is -2.26. The normalized spacial score (nSPS) is 13.4. The van der Waals surface area contributed by atoms with Gasteiger partial charge in [0.25, 0.3) is 0 Å². The maximum Gasteiger partial charge on any atom is 0.573 e. The Bertz CT molecular complexity index is 926. The van der Waals surface area contributed by atoms with Crippen LogP contribution in [0.4, 0.5) is 13.2 Å². The summed E-state index contributed by atoms with van der Waals surface area (Å²) in [6, 6.07) is 9.32. The molecule has 2 aromatic rings. The van der Waals surface area contributed by atoms with Gasteiger partial charge in [-0.1, -0.05) is 31.5 Å². The predicted molar refractivity (Wildman–Crippen MR) is 104 cm³/mol. The summed E-state index contributed by atoms with van der Waals surface area (Å²) >= 11 is 0. The topological polar surface area (TPSA) is 64.6 Å². The van der Waals surface area contributed by atoms with Crippen molar-refractivity contribution in [2.24, 2.45) is 5.92 Å². The largest absolute Gasteiger partial charge is 0.573 e. The summed E-state index contributed by atoms with van der Waals surface area (Å²) in [5.74, 6) is 0.137. The molecule has 0 unspecified atom stereocenters. The van der Waals surface area contributed by atoms with Crippen molar-refractivity contribution < 1.29 is 31.1 Å². The molecule has 0 aromatic heterocycles. The molecule has 0 aliphatic rings. The van der Waals surface area contributed by atoms with Gasteiger partial charge in [0.15, 0.2) is 0 Å². The van der Waals surface area contributed by atoms with Crippen LogP contribution in [0.15, 0.2) is 47.4 Å². The molecule has 0 fully saturated rings. The van der Waals surface area contributed by atoms with E-state index in [0.717, 1.165) is 35.4 Å². The van der Waals surface area contributed by atoms with Crippen molar-refractivity contribution in [1.82, 2.24) is 4.72 Å². The monoisotopic (exact) mass is 431 g/mol. The fourth-order valence-corrected chi connectivity index (χ4v) is 4.19. The first-order chi connectivity index (χ1) is 13.4. The van der Waals surface area contributed by atoms with Gasteiger partial charge in [0, 0.05) is 6.04 Å². The summed E-state index contributed by atoms with van der Waals surface area (Å²) in [5.41, 5.74) is 1.88. The minimum absolute atomic E-state index is 0.0390. The van der Waals surface area contributed by atoms with Gasteiger partial charge in [-0.3, -0.25) is 0 Å². The van der Waals surface area contributed by atoms with E-state index >= 15 is 0 Å². The molecule has 0 saturated heterocycles. The third-order valence-corrected chi connectivity index (χ3v) is 5.86. The van der Waals surface area contributed by atoms with Gasteiger partial charge in [0.2, 0.25) is 10.0 Å². The Labute approximate surface area is 168 Å². The highest BCUT2D eigenvalue weighted by molar-refractivity contribution is 7.89. The fraction of sp³-hybridized carbons (Fsp3) is 0.400. The second kappa shape index (κ2) is 9.04. The number of sulfonamides is 1. The highest BCUT2D eigenvalue weighted by Crippen LogP contribution is 2.26. The van der Waals surface area contributed by atoms with Crippen molar-refractivity contribution in [1.29, 1.82) is 0 Å². The first-order valence-electron chi connectivity index (χ1n) is 8.93. The lowest BCUT2D eigenvalue weighted by molar-refractivity contribution is -0.274. The Balaban J connectivity index is 2.22. The zero-order valence-corrected chi connectivity index (χ0v) is 17.4. The van der Waals surface area contributed by atoms with Gasteiger partial charge in [0.05, 0.1) is 12.0 Å². The minimum Gasteiger partial charge on any atom is -0.496 e. The third-order valence-electron chi connectivity index (χ3n) is 4.35. The molecule has 29 heavy (non-hydrogen) atoms. The molecule has 2 rings (SSSR count). The summed E-state index contributed by atoms with van der Waals surface area (Å²) in [6.07, 6.45) is -4.44. The summed E-state index contributed by atoms with van der Waals surface area (Å²) < 4.78 is 74.1. The molecule has 0 saturated carbocycles. The molecule has 0 bridgehead atoms. The van der Waals surface area contributed by atoms with Gasteiger partial charge in [-0.05, 0) is 55.2 Å². The zero-order valence-electron chi connectivity index (χ0n) is 16.6. The number of aryl methyl sites for hydroxylation is 1. The van der Waals surface area contributed by atoms with E-state index in [2.05, 4.69) is 9.46 Å². The van der Waals surface area contributed by atoms with Crippen LogP contribution in [0.25, 0.3) is 0 Å². The second-order valence-corrected chi connectivity index (χ2v) is 8.72. The van der Waals surface area contributed by atoms with E-state index < -0.39 is 28.2 Å². The highest BCUT2D eigenvalue weighted by Gasteiger charge is 2.31. The van der Waals surface area contributed by atoms with Gasteiger partial charge in [-0.25, -0.2) is 13.1 Å². The molecule has 0 heterocycles. The lowest BCUT2D eigenvalue weighted by Crippen LogP contribution is -2.40. The fourth-order valence-electron chi connectivity index (χ4n) is 2.81. The van der Waals surface area contributed by atoms with Crippen LogP contribution >= 0.6 is 0 Å². The van der Waals surface area contributed by atoms with Crippen molar-refractivity contribution >= 4 is 10.0 Å². The number of nitrogens with one attached hydrogen (secondary N) is 1. The molecule has 160 valence electrons. The Morgan fingerprint density at radius 3 is 2.21 bits per heavy atom. The Morgan fingerprint density at radius 2 is 1.69 bits per heavy atom. The van der Waals surface area contributed by atoms with E-state index in [-0.39, 0.29) is 10.8 Å². The van der Waals surface area contributed by atoms with E-state index in [0.29, 0.717) is 12.2 Å². The molecular formula is C20H24F3NO4S. The van der Waals surface area contributed by atoms with Crippen molar-refractivity contribution in [3.05, 3.63) is 53.6 Å². The molecule has 0 aliphatic heterocycles. The summed E-state index contributed by atoms with van der Waals surface area (Å²) in [5, 5.41) is 0. The van der Waals surface area contributed by atoms with Crippen molar-refractivity contribution in [2.45, 2.75) is 44.5 Å². The van der Waals surface area contributed by atoms with Gasteiger partial charge in [0.1, 0.15) is 11.5 Å². The molecule has 1 atom stereocenters. The van der Waals surface area contributed by atoms with Gasteiger partial charge in [-0.15, -0.1) is 13.2 Å². The number of rotatable bonds is 8. The number of halogens is 3. The summed E-state index contributed by atoms with van der Waals surface area (Å²) in [4.78, 5) is -0.145. The zero-order chi connectivity index (χ0) is 21.8. The molecule has 1 N–H and O–H groups in total. The molecule has 0 aliphatic carbocycles. The number of hydrogen-bond donors (Lipinski definition) is 1. The second-order valence-electron chi connectivity index (χ2n) is 7.01. The number of benzene rings is 2. The van der Waals surface area contributed by atoms with Gasteiger partial charge in [-0.2, -0.15) is 0 Å². The standard InChI is InChI=1S/C20H24F3NO4S/c1-13(2)18(12-15-11-14(3)5-10-19(15)27-4)24-29(25,26)17-8-6-16(7-9-17)28-20(21,22)23/h5-11,13,18,24H,12H2,1-4H3/t18-/m0/s1. The number of ether oxygens (including phenoxy) is 2. The quantitative estimate of drug-likeness (QED) is 0.671. The number of alkyl halides is 3. The predicted octanol–water partition coefficient (Wildman–Crippen LogP) is 4.45. The van der Waals surface area contributed by atoms with E-state index in [9.17, 15) is 21.6 Å².